The Balaban J connectivity index is 2.41. The van der Waals surface area contributed by atoms with Gasteiger partial charge < -0.3 is 4.72 Å². The van der Waals surface area contributed by atoms with Gasteiger partial charge in [-0.05, 0) is 19.1 Å². The van der Waals surface area contributed by atoms with E-state index in [0.717, 1.165) is 0 Å². The maximum atomic E-state index is 12.1. The van der Waals surface area contributed by atoms with Crippen molar-refractivity contribution < 1.29 is 13.3 Å². The first-order chi connectivity index (χ1) is 9.81. The van der Waals surface area contributed by atoms with Crippen molar-refractivity contribution in [3.05, 3.63) is 67.9 Å². The molecule has 0 fully saturated rings. The molecule has 0 aliphatic rings. The largest absolute Gasteiger partial charge is 0.572 e. The van der Waals surface area contributed by atoms with Gasteiger partial charge in [0.2, 0.25) is 0 Å². The second-order valence-corrected chi connectivity index (χ2v) is 6.24. The summed E-state index contributed by atoms with van der Waals surface area (Å²) in [6, 6.07) is 10.1. The topological polar surface area (TPSA) is 91.4 Å². The summed E-state index contributed by atoms with van der Waals surface area (Å²) >= 11 is 5.77. The second-order valence-electron chi connectivity index (χ2n) is 4.23. The van der Waals surface area contributed by atoms with Crippen molar-refractivity contribution in [1.29, 1.82) is 0 Å². The summed E-state index contributed by atoms with van der Waals surface area (Å²) < 4.78 is 28.0. The Labute approximate surface area is 126 Å². The van der Waals surface area contributed by atoms with E-state index in [1.54, 1.807) is 18.2 Å². The van der Waals surface area contributed by atoms with Crippen LogP contribution in [0.25, 0.3) is 4.72 Å². The molecule has 0 atom stereocenters. The lowest BCUT2D eigenvalue weighted by molar-refractivity contribution is -0.384. The molecule has 0 saturated heterocycles. The predicted octanol–water partition coefficient (Wildman–Crippen LogP) is 3.95. The molecule has 0 radical (unpaired) electrons. The molecule has 2 rings (SSSR count). The zero-order valence-electron chi connectivity index (χ0n) is 10.9. The van der Waals surface area contributed by atoms with Gasteiger partial charge in [-0.2, -0.15) is 0 Å². The second kappa shape index (κ2) is 5.71. The minimum Gasteiger partial charge on any atom is -0.572 e. The molecule has 2 aromatic carbocycles. The van der Waals surface area contributed by atoms with Crippen molar-refractivity contribution in [1.82, 2.24) is 0 Å². The SMILES string of the molecule is Cc1cc([N+](=O)[O-])c(Cl)cc1[N-]S(=O)(=O)c1ccccc1. The lowest BCUT2D eigenvalue weighted by atomic mass is 10.2. The molecule has 110 valence electrons. The van der Waals surface area contributed by atoms with Crippen LogP contribution in [-0.2, 0) is 10.0 Å². The van der Waals surface area contributed by atoms with Gasteiger partial charge in [0.15, 0.2) is 0 Å². The molecule has 0 saturated carbocycles. The first-order valence-corrected chi connectivity index (χ1v) is 7.60. The summed E-state index contributed by atoms with van der Waals surface area (Å²) in [5, 5.41) is 10.6. The number of rotatable bonds is 4. The van der Waals surface area contributed by atoms with Crippen LogP contribution in [0.15, 0.2) is 47.4 Å². The van der Waals surface area contributed by atoms with Crippen LogP contribution in [0.2, 0.25) is 5.02 Å². The van der Waals surface area contributed by atoms with Crippen LogP contribution >= 0.6 is 11.6 Å². The lowest BCUT2D eigenvalue weighted by Crippen LogP contribution is -1.98. The summed E-state index contributed by atoms with van der Waals surface area (Å²) in [6.07, 6.45) is 0. The van der Waals surface area contributed by atoms with Crippen LogP contribution in [0.3, 0.4) is 0 Å². The zero-order chi connectivity index (χ0) is 15.6. The minimum absolute atomic E-state index is 0.0406. The highest BCUT2D eigenvalue weighted by atomic mass is 35.5. The van der Waals surface area contributed by atoms with E-state index in [-0.39, 0.29) is 21.3 Å². The Morgan fingerprint density at radius 2 is 1.81 bits per heavy atom. The fourth-order valence-electron chi connectivity index (χ4n) is 1.67. The Kier molecular flexibility index (Phi) is 4.15. The van der Waals surface area contributed by atoms with Gasteiger partial charge >= 0.3 is 0 Å². The molecular weight excluding hydrogens is 316 g/mol. The molecule has 0 heterocycles. The van der Waals surface area contributed by atoms with Crippen molar-refractivity contribution in [3.63, 3.8) is 0 Å². The van der Waals surface area contributed by atoms with Gasteiger partial charge in [-0.25, -0.2) is 8.42 Å². The van der Waals surface area contributed by atoms with E-state index in [4.69, 9.17) is 11.6 Å². The quantitative estimate of drug-likeness (QED) is 0.628. The monoisotopic (exact) mass is 325 g/mol. The molecule has 21 heavy (non-hydrogen) atoms. The van der Waals surface area contributed by atoms with Crippen LogP contribution in [0, 0.1) is 17.0 Å². The molecule has 0 unspecified atom stereocenters. The van der Waals surface area contributed by atoms with E-state index in [1.165, 1.54) is 31.2 Å². The molecule has 0 bridgehead atoms. The van der Waals surface area contributed by atoms with Gasteiger partial charge in [-0.15, -0.1) is 5.69 Å². The molecule has 0 N–H and O–H groups in total. The van der Waals surface area contributed by atoms with Gasteiger partial charge in [0.1, 0.15) is 15.0 Å². The summed E-state index contributed by atoms with van der Waals surface area (Å²) in [5.41, 5.74) is 0.144. The molecule has 0 aromatic heterocycles. The lowest BCUT2D eigenvalue weighted by Gasteiger charge is -2.24. The highest BCUT2D eigenvalue weighted by Crippen LogP contribution is 2.37. The third-order valence-electron chi connectivity index (χ3n) is 2.72. The van der Waals surface area contributed by atoms with Crippen LogP contribution < -0.4 is 0 Å². The number of nitro groups is 1. The molecule has 0 spiro atoms. The number of hydrogen-bond donors (Lipinski definition) is 0. The van der Waals surface area contributed by atoms with Gasteiger partial charge in [-0.3, -0.25) is 10.1 Å². The van der Waals surface area contributed by atoms with Crippen LogP contribution in [0.4, 0.5) is 11.4 Å². The van der Waals surface area contributed by atoms with E-state index in [0.29, 0.717) is 5.56 Å². The molecule has 0 amide bonds. The fraction of sp³-hybridized carbons (Fsp3) is 0.0769. The normalized spacial score (nSPS) is 11.1. The van der Waals surface area contributed by atoms with Gasteiger partial charge in [0.25, 0.3) is 5.69 Å². The third-order valence-corrected chi connectivity index (χ3v) is 4.33. The highest BCUT2D eigenvalue weighted by molar-refractivity contribution is 7.94. The van der Waals surface area contributed by atoms with Crippen LogP contribution in [0.5, 0.6) is 0 Å². The Morgan fingerprint density at radius 3 is 2.38 bits per heavy atom. The average Bonchev–Trinajstić information content (AvgIpc) is 2.43. The van der Waals surface area contributed by atoms with E-state index in [9.17, 15) is 18.5 Å². The molecule has 0 aliphatic carbocycles. The first-order valence-electron chi connectivity index (χ1n) is 5.79. The number of hydrogen-bond acceptors (Lipinski definition) is 4. The van der Waals surface area contributed by atoms with Crippen LogP contribution in [-0.4, -0.2) is 13.3 Å². The van der Waals surface area contributed by atoms with E-state index in [2.05, 4.69) is 4.72 Å². The Bertz CT molecular complexity index is 791. The number of aryl methyl sites for hydroxylation is 1. The van der Waals surface area contributed by atoms with Crippen molar-refractivity contribution in [2.24, 2.45) is 0 Å². The van der Waals surface area contributed by atoms with Crippen molar-refractivity contribution in [2.45, 2.75) is 11.8 Å². The van der Waals surface area contributed by atoms with E-state index >= 15 is 0 Å². The van der Waals surface area contributed by atoms with Gasteiger partial charge in [0.05, 0.1) is 9.82 Å². The number of benzene rings is 2. The van der Waals surface area contributed by atoms with Crippen LogP contribution in [0.1, 0.15) is 5.56 Å². The predicted molar refractivity (Wildman–Crippen MR) is 79.5 cm³/mol. The summed E-state index contributed by atoms with van der Waals surface area (Å²) in [5.74, 6) is 0. The van der Waals surface area contributed by atoms with Crippen molar-refractivity contribution >= 4 is 33.0 Å². The maximum Gasteiger partial charge on any atom is 0.288 e. The molecule has 6 nitrogen and oxygen atoms in total. The Morgan fingerprint density at radius 1 is 1.19 bits per heavy atom. The molecular formula is C13H10ClN2O4S-. The summed E-state index contributed by atoms with van der Waals surface area (Å²) in [7, 11) is -3.89. The average molecular weight is 326 g/mol. The van der Waals surface area contributed by atoms with Crippen molar-refractivity contribution in [3.8, 4) is 0 Å². The first kappa shape index (κ1) is 15.3. The van der Waals surface area contributed by atoms with Gasteiger partial charge in [-0.1, -0.05) is 41.4 Å². The number of nitro benzene ring substituents is 1. The number of halogens is 1. The van der Waals surface area contributed by atoms with E-state index < -0.39 is 14.9 Å². The molecule has 0 aliphatic heterocycles. The summed E-state index contributed by atoms with van der Waals surface area (Å²) in [6.45, 7) is 1.53. The maximum absolute atomic E-state index is 12.1. The number of sulfonamides is 1. The minimum atomic E-state index is -3.89. The van der Waals surface area contributed by atoms with Crippen molar-refractivity contribution in [2.75, 3.05) is 0 Å². The zero-order valence-corrected chi connectivity index (χ0v) is 12.4. The third kappa shape index (κ3) is 3.32. The highest BCUT2D eigenvalue weighted by Gasteiger charge is 2.13. The molecule has 2 aromatic rings. The Hall–Kier alpha value is -2.12. The van der Waals surface area contributed by atoms with E-state index in [1.807, 2.05) is 0 Å². The summed E-state index contributed by atoms with van der Waals surface area (Å²) in [4.78, 5) is 10.2. The van der Waals surface area contributed by atoms with Gasteiger partial charge in [0, 0.05) is 6.07 Å². The smallest absolute Gasteiger partial charge is 0.288 e. The number of nitrogens with zero attached hydrogens (tertiary/aromatic N) is 2. The molecule has 8 heteroatoms. The fourth-order valence-corrected chi connectivity index (χ4v) is 2.96. The standard InChI is InChI=1S/C13H10ClN2O4S/c1-9-7-13(16(17)18)11(14)8-12(9)15-21(19,20)10-5-3-2-4-6-10/h2-8H,1H3/q-1.